The summed E-state index contributed by atoms with van der Waals surface area (Å²) >= 11 is 0. The second-order valence-electron chi connectivity index (χ2n) is 14.5. The number of hydrogen-bond acceptors (Lipinski definition) is 3. The standard InChI is InChI=1S/C48H33N5/c1-48(2)39-20-10-6-16-33(39)37-29-44-38(28-40(37)48)36-19-9-13-23-43(36)53(44)47-50-45(32-26-24-31(25-27-32)30-14-4-3-5-15-30)49-46(51-47)52-41-21-11-7-17-34(41)35-18-8-12-22-42(35)52/h3-29H,1-2H3. The van der Waals surface area contributed by atoms with Crippen molar-refractivity contribution in [2.24, 2.45) is 0 Å². The Bertz CT molecular complexity index is 3020. The summed E-state index contributed by atoms with van der Waals surface area (Å²) in [6.45, 7) is 4.67. The molecule has 0 saturated carbocycles. The highest BCUT2D eigenvalue weighted by molar-refractivity contribution is 6.11. The van der Waals surface area contributed by atoms with E-state index in [4.69, 9.17) is 15.0 Å². The van der Waals surface area contributed by atoms with Gasteiger partial charge in [0.1, 0.15) is 0 Å². The lowest BCUT2D eigenvalue weighted by Gasteiger charge is -2.21. The van der Waals surface area contributed by atoms with Crippen LogP contribution in [-0.2, 0) is 5.41 Å². The maximum absolute atomic E-state index is 5.38. The Morgan fingerprint density at radius 3 is 1.51 bits per heavy atom. The van der Waals surface area contributed by atoms with Crippen molar-refractivity contribution in [2.45, 2.75) is 19.3 Å². The topological polar surface area (TPSA) is 48.5 Å². The maximum atomic E-state index is 5.38. The summed E-state index contributed by atoms with van der Waals surface area (Å²) in [6, 6.07) is 58.2. The molecule has 0 bridgehead atoms. The van der Waals surface area contributed by atoms with Crippen LogP contribution in [0.3, 0.4) is 0 Å². The van der Waals surface area contributed by atoms with E-state index >= 15 is 0 Å². The molecular weight excluding hydrogens is 647 g/mol. The van der Waals surface area contributed by atoms with E-state index in [2.05, 4.69) is 181 Å². The van der Waals surface area contributed by atoms with Crippen LogP contribution >= 0.6 is 0 Å². The van der Waals surface area contributed by atoms with Crippen molar-refractivity contribution in [3.8, 4) is 45.5 Å². The molecule has 3 aromatic heterocycles. The molecule has 10 aromatic rings. The Morgan fingerprint density at radius 1 is 0.377 bits per heavy atom. The molecule has 5 nitrogen and oxygen atoms in total. The highest BCUT2D eigenvalue weighted by atomic mass is 15.3. The largest absolute Gasteiger partial charge is 0.278 e. The van der Waals surface area contributed by atoms with E-state index in [0.717, 1.165) is 44.0 Å². The molecule has 1 aliphatic carbocycles. The predicted molar refractivity (Wildman–Crippen MR) is 217 cm³/mol. The molecule has 0 radical (unpaired) electrons. The van der Waals surface area contributed by atoms with E-state index in [9.17, 15) is 0 Å². The van der Waals surface area contributed by atoms with Gasteiger partial charge in [0, 0.05) is 32.5 Å². The van der Waals surface area contributed by atoms with Gasteiger partial charge in [0.15, 0.2) is 5.82 Å². The minimum absolute atomic E-state index is 0.112. The molecule has 0 amide bonds. The molecule has 53 heavy (non-hydrogen) atoms. The zero-order valence-electron chi connectivity index (χ0n) is 29.3. The average molecular weight is 680 g/mol. The lowest BCUT2D eigenvalue weighted by molar-refractivity contribution is 0.661. The molecule has 11 rings (SSSR count). The quantitative estimate of drug-likeness (QED) is 0.186. The van der Waals surface area contributed by atoms with Crippen LogP contribution in [0.25, 0.3) is 89.2 Å². The fourth-order valence-corrected chi connectivity index (χ4v) is 8.64. The van der Waals surface area contributed by atoms with E-state index in [1.807, 2.05) is 6.07 Å². The van der Waals surface area contributed by atoms with Gasteiger partial charge in [-0.15, -0.1) is 0 Å². The molecule has 0 atom stereocenters. The van der Waals surface area contributed by atoms with Gasteiger partial charge in [-0.25, -0.2) is 0 Å². The van der Waals surface area contributed by atoms with E-state index in [0.29, 0.717) is 17.7 Å². The Balaban J connectivity index is 1.21. The zero-order chi connectivity index (χ0) is 35.3. The van der Waals surface area contributed by atoms with Crippen LogP contribution in [0.2, 0.25) is 0 Å². The zero-order valence-corrected chi connectivity index (χ0v) is 29.3. The number of fused-ring (bicyclic) bond motifs is 9. The molecule has 0 spiro atoms. The van der Waals surface area contributed by atoms with Gasteiger partial charge in [-0.3, -0.25) is 9.13 Å². The minimum Gasteiger partial charge on any atom is -0.278 e. The van der Waals surface area contributed by atoms with Crippen molar-refractivity contribution < 1.29 is 0 Å². The molecule has 0 unspecified atom stereocenters. The number of aromatic nitrogens is 5. The maximum Gasteiger partial charge on any atom is 0.240 e. The molecule has 0 fully saturated rings. The molecule has 1 aliphatic rings. The fourth-order valence-electron chi connectivity index (χ4n) is 8.64. The lowest BCUT2D eigenvalue weighted by atomic mass is 9.82. The van der Waals surface area contributed by atoms with Crippen LogP contribution in [0.15, 0.2) is 164 Å². The molecule has 3 heterocycles. The molecular formula is C48H33N5. The monoisotopic (exact) mass is 679 g/mol. The summed E-state index contributed by atoms with van der Waals surface area (Å²) in [5.74, 6) is 1.77. The molecule has 0 N–H and O–H groups in total. The van der Waals surface area contributed by atoms with Gasteiger partial charge in [-0.05, 0) is 63.7 Å². The first-order valence-corrected chi connectivity index (χ1v) is 18.1. The smallest absolute Gasteiger partial charge is 0.240 e. The van der Waals surface area contributed by atoms with Crippen LogP contribution < -0.4 is 0 Å². The Morgan fingerprint density at radius 2 is 0.868 bits per heavy atom. The first-order chi connectivity index (χ1) is 26.0. The Kier molecular flexibility index (Phi) is 6.23. The van der Waals surface area contributed by atoms with Gasteiger partial charge in [0.05, 0.1) is 22.1 Å². The number of para-hydroxylation sites is 3. The van der Waals surface area contributed by atoms with E-state index < -0.39 is 0 Å². The SMILES string of the molecule is CC1(C)c2ccccc2-c2cc3c(cc21)c1ccccc1n3-c1nc(-c2ccc(-c3ccccc3)cc2)nc(-n2c3ccccc3c3ccccc32)n1. The fraction of sp³-hybridized carbons (Fsp3) is 0.0625. The summed E-state index contributed by atoms with van der Waals surface area (Å²) in [7, 11) is 0. The van der Waals surface area contributed by atoms with Crippen LogP contribution in [-0.4, -0.2) is 24.1 Å². The molecule has 250 valence electrons. The Labute approximate surface area is 306 Å². The predicted octanol–water partition coefficient (Wildman–Crippen LogP) is 11.7. The molecule has 0 aliphatic heterocycles. The van der Waals surface area contributed by atoms with Crippen molar-refractivity contribution in [2.75, 3.05) is 0 Å². The van der Waals surface area contributed by atoms with E-state index in [-0.39, 0.29) is 5.41 Å². The summed E-state index contributed by atoms with van der Waals surface area (Å²) in [4.78, 5) is 15.9. The van der Waals surface area contributed by atoms with Crippen LogP contribution in [0.1, 0.15) is 25.0 Å². The van der Waals surface area contributed by atoms with Crippen molar-refractivity contribution in [3.05, 3.63) is 175 Å². The highest BCUT2D eigenvalue weighted by Crippen LogP contribution is 2.51. The second-order valence-corrected chi connectivity index (χ2v) is 14.5. The number of nitrogens with zero attached hydrogens (tertiary/aromatic N) is 5. The van der Waals surface area contributed by atoms with Crippen LogP contribution in [0, 0.1) is 0 Å². The number of hydrogen-bond donors (Lipinski definition) is 0. The third-order valence-corrected chi connectivity index (χ3v) is 11.2. The van der Waals surface area contributed by atoms with Crippen molar-refractivity contribution in [1.29, 1.82) is 0 Å². The third-order valence-electron chi connectivity index (χ3n) is 11.2. The lowest BCUT2D eigenvalue weighted by Crippen LogP contribution is -2.14. The van der Waals surface area contributed by atoms with Crippen molar-refractivity contribution in [1.82, 2.24) is 24.1 Å². The van der Waals surface area contributed by atoms with E-state index in [1.165, 1.54) is 38.6 Å². The van der Waals surface area contributed by atoms with Gasteiger partial charge < -0.3 is 0 Å². The van der Waals surface area contributed by atoms with Crippen molar-refractivity contribution in [3.63, 3.8) is 0 Å². The normalized spacial score (nSPS) is 13.2. The first-order valence-electron chi connectivity index (χ1n) is 18.1. The summed E-state index contributed by atoms with van der Waals surface area (Å²) in [5, 5.41) is 4.68. The molecule has 5 heteroatoms. The van der Waals surface area contributed by atoms with Crippen molar-refractivity contribution >= 4 is 43.6 Å². The van der Waals surface area contributed by atoms with Gasteiger partial charge in [0.25, 0.3) is 0 Å². The van der Waals surface area contributed by atoms with Crippen LogP contribution in [0.4, 0.5) is 0 Å². The van der Waals surface area contributed by atoms with E-state index in [1.54, 1.807) is 0 Å². The Hall–Kier alpha value is -6.85. The van der Waals surface area contributed by atoms with Crippen LogP contribution in [0.5, 0.6) is 0 Å². The number of rotatable bonds is 4. The van der Waals surface area contributed by atoms with Gasteiger partial charge in [-0.1, -0.05) is 147 Å². The summed E-state index contributed by atoms with van der Waals surface area (Å²) in [6.07, 6.45) is 0. The summed E-state index contributed by atoms with van der Waals surface area (Å²) < 4.78 is 4.42. The first kappa shape index (κ1) is 29.8. The van der Waals surface area contributed by atoms with Gasteiger partial charge in [0.2, 0.25) is 11.9 Å². The summed E-state index contributed by atoms with van der Waals surface area (Å²) in [5.41, 5.74) is 12.6. The average Bonchev–Trinajstić information content (AvgIpc) is 3.80. The molecule has 0 saturated heterocycles. The third kappa shape index (κ3) is 4.34. The molecule has 7 aromatic carbocycles. The second kappa shape index (κ2) is 11.1. The van der Waals surface area contributed by atoms with Gasteiger partial charge >= 0.3 is 0 Å². The number of benzene rings is 7. The highest BCUT2D eigenvalue weighted by Gasteiger charge is 2.36. The van der Waals surface area contributed by atoms with Gasteiger partial charge in [-0.2, -0.15) is 15.0 Å². The minimum atomic E-state index is -0.112.